The Morgan fingerprint density at radius 3 is 2.63 bits per heavy atom. The highest BCUT2D eigenvalue weighted by atomic mass is 19.1. The van der Waals surface area contributed by atoms with Gasteiger partial charge in [-0.05, 0) is 38.3 Å². The van der Waals surface area contributed by atoms with Crippen LogP contribution in [0.2, 0.25) is 0 Å². The maximum Gasteiger partial charge on any atom is 0.322 e. The van der Waals surface area contributed by atoms with Gasteiger partial charge in [0, 0.05) is 6.54 Å². The summed E-state index contributed by atoms with van der Waals surface area (Å²) in [6, 6.07) is 8.99. The smallest absolute Gasteiger partial charge is 0.322 e. The van der Waals surface area contributed by atoms with Crippen LogP contribution in [0.3, 0.4) is 0 Å². The number of hydrogen-bond acceptors (Lipinski definition) is 3. The minimum Gasteiger partial charge on any atom is -0.481 e. The number of aromatic nitrogens is 2. The van der Waals surface area contributed by atoms with E-state index in [1.807, 2.05) is 37.3 Å². The maximum absolute atomic E-state index is 15.2. The van der Waals surface area contributed by atoms with Gasteiger partial charge in [0.15, 0.2) is 0 Å². The second-order valence-electron chi connectivity index (χ2n) is 7.38. The van der Waals surface area contributed by atoms with Crippen LogP contribution in [-0.2, 0) is 4.79 Å². The van der Waals surface area contributed by atoms with Crippen molar-refractivity contribution >= 4 is 17.7 Å². The average Bonchev–Trinajstić information content (AvgIpc) is 3.25. The van der Waals surface area contributed by atoms with E-state index >= 15 is 4.39 Å². The lowest BCUT2D eigenvalue weighted by Gasteiger charge is -2.27. The van der Waals surface area contributed by atoms with E-state index in [1.165, 1.54) is 11.1 Å². The molecule has 2 amide bonds. The van der Waals surface area contributed by atoms with Gasteiger partial charge in [0.05, 0.1) is 29.8 Å². The quantitative estimate of drug-likeness (QED) is 0.867. The van der Waals surface area contributed by atoms with Crippen molar-refractivity contribution in [3.63, 3.8) is 0 Å². The summed E-state index contributed by atoms with van der Waals surface area (Å²) in [6.45, 7) is 1.51. The van der Waals surface area contributed by atoms with Crippen molar-refractivity contribution in [2.24, 2.45) is 5.41 Å². The molecule has 2 atom stereocenters. The summed E-state index contributed by atoms with van der Waals surface area (Å²) in [6.07, 6.45) is 2.50. The molecule has 1 aromatic carbocycles. The topological polar surface area (TPSA) is 87.5 Å². The predicted octanol–water partition coefficient (Wildman–Crippen LogP) is 2.99. The van der Waals surface area contributed by atoms with E-state index in [2.05, 4.69) is 10.4 Å². The number of benzene rings is 1. The van der Waals surface area contributed by atoms with E-state index in [1.54, 1.807) is 4.68 Å². The highest BCUT2D eigenvalue weighted by molar-refractivity contribution is 5.91. The van der Waals surface area contributed by atoms with E-state index < -0.39 is 23.1 Å². The second-order valence-corrected chi connectivity index (χ2v) is 7.38. The molecule has 8 heteroatoms. The fraction of sp³-hybridized carbons (Fsp3) is 0.421. The van der Waals surface area contributed by atoms with Crippen LogP contribution in [0.5, 0.6) is 0 Å². The molecule has 1 aromatic heterocycles. The van der Waals surface area contributed by atoms with Crippen LogP contribution < -0.4 is 5.32 Å². The molecule has 7 nitrogen and oxygen atoms in total. The molecule has 1 saturated heterocycles. The number of amides is 2. The first kappa shape index (κ1) is 17.5. The number of rotatable bonds is 3. The third-order valence-electron chi connectivity index (χ3n) is 5.89. The van der Waals surface area contributed by atoms with Crippen LogP contribution in [-0.4, -0.2) is 50.5 Å². The third kappa shape index (κ3) is 2.58. The van der Waals surface area contributed by atoms with E-state index in [0.717, 1.165) is 11.4 Å². The Morgan fingerprint density at radius 1 is 1.22 bits per heavy atom. The number of aliphatic carboxylic acids is 1. The Bertz CT molecular complexity index is 900. The number of anilines is 1. The summed E-state index contributed by atoms with van der Waals surface area (Å²) in [5, 5.41) is 16.6. The number of carbonyl (C=O) groups excluding carboxylic acids is 1. The van der Waals surface area contributed by atoms with Gasteiger partial charge in [0.2, 0.25) is 0 Å². The number of urea groups is 1. The molecule has 1 saturated carbocycles. The van der Waals surface area contributed by atoms with Crippen molar-refractivity contribution in [1.29, 1.82) is 0 Å². The van der Waals surface area contributed by atoms with Crippen molar-refractivity contribution in [2.75, 3.05) is 18.4 Å². The molecule has 1 aliphatic heterocycles. The maximum atomic E-state index is 15.2. The molecule has 142 valence electrons. The first-order valence-electron chi connectivity index (χ1n) is 8.95. The molecule has 0 radical (unpaired) electrons. The zero-order chi connectivity index (χ0) is 19.2. The number of hydrogen-bond donors (Lipinski definition) is 2. The zero-order valence-electron chi connectivity index (χ0n) is 15.0. The van der Waals surface area contributed by atoms with Gasteiger partial charge in [-0.25, -0.2) is 13.9 Å². The van der Waals surface area contributed by atoms with Gasteiger partial charge in [0.25, 0.3) is 0 Å². The molecule has 27 heavy (non-hydrogen) atoms. The minimum absolute atomic E-state index is 0.115. The summed E-state index contributed by atoms with van der Waals surface area (Å²) in [5.74, 6) is -1.16. The predicted molar refractivity (Wildman–Crippen MR) is 96.7 cm³/mol. The molecule has 2 heterocycles. The lowest BCUT2D eigenvalue weighted by Crippen LogP contribution is -2.45. The van der Waals surface area contributed by atoms with E-state index in [0.29, 0.717) is 12.1 Å². The summed E-state index contributed by atoms with van der Waals surface area (Å²) in [5.41, 5.74) is -1.25. The van der Waals surface area contributed by atoms with E-state index in [9.17, 15) is 14.7 Å². The van der Waals surface area contributed by atoms with Gasteiger partial charge in [-0.3, -0.25) is 4.79 Å². The van der Waals surface area contributed by atoms with Crippen LogP contribution in [0.1, 0.15) is 25.0 Å². The van der Waals surface area contributed by atoms with Crippen molar-refractivity contribution < 1.29 is 19.1 Å². The number of alkyl halides is 1. The van der Waals surface area contributed by atoms with Crippen molar-refractivity contribution in [1.82, 2.24) is 14.7 Å². The fourth-order valence-corrected chi connectivity index (χ4v) is 4.33. The number of nitrogens with one attached hydrogen (secondary N) is 1. The van der Waals surface area contributed by atoms with Gasteiger partial charge in [0.1, 0.15) is 11.1 Å². The summed E-state index contributed by atoms with van der Waals surface area (Å²) in [4.78, 5) is 25.7. The normalized spacial score (nSPS) is 26.8. The molecule has 2 fully saturated rings. The molecular formula is C19H21FN4O3. The molecule has 0 spiro atoms. The highest BCUT2D eigenvalue weighted by Crippen LogP contribution is 2.54. The molecular weight excluding hydrogens is 351 g/mol. The zero-order valence-corrected chi connectivity index (χ0v) is 15.0. The number of likely N-dealkylation sites (tertiary alicyclic amines) is 1. The van der Waals surface area contributed by atoms with E-state index in [-0.39, 0.29) is 25.9 Å². The lowest BCUT2D eigenvalue weighted by molar-refractivity contribution is -0.153. The van der Waals surface area contributed by atoms with Gasteiger partial charge in [-0.1, -0.05) is 18.2 Å². The summed E-state index contributed by atoms with van der Waals surface area (Å²) >= 11 is 0. The van der Waals surface area contributed by atoms with Gasteiger partial charge < -0.3 is 15.3 Å². The first-order valence-corrected chi connectivity index (χ1v) is 8.95. The Morgan fingerprint density at radius 2 is 1.96 bits per heavy atom. The van der Waals surface area contributed by atoms with Crippen LogP contribution in [0.25, 0.3) is 5.69 Å². The van der Waals surface area contributed by atoms with Crippen LogP contribution in [0.15, 0.2) is 36.5 Å². The van der Waals surface area contributed by atoms with Crippen molar-refractivity contribution in [2.45, 2.75) is 31.9 Å². The first-order chi connectivity index (χ1) is 12.9. The number of halogens is 1. The molecule has 2 aliphatic rings. The Hall–Kier alpha value is -2.90. The molecule has 1 aliphatic carbocycles. The number of carboxylic acid groups (broad SMARTS) is 1. The Balaban J connectivity index is 1.53. The van der Waals surface area contributed by atoms with Crippen LogP contribution in [0, 0.1) is 12.3 Å². The lowest BCUT2D eigenvalue weighted by atomic mass is 9.78. The standard InChI is InChI=1S/C19H21FN4O3/c1-13-15(10-21-24(13)14-6-3-2-4-7-14)22-17(27)23-11-18(16(25)26)8-5-9-19(18,20)12-23/h2-4,6-7,10H,5,8-9,11-12H2,1H3,(H,22,27)(H,25,26)/t18-,19-/m0/s1. The SMILES string of the molecule is Cc1c(NC(=O)N2C[C@@]3(F)CCC[C@@]3(C(=O)O)C2)cnn1-c1ccccc1. The largest absolute Gasteiger partial charge is 0.481 e. The highest BCUT2D eigenvalue weighted by Gasteiger charge is 2.66. The number of fused-ring (bicyclic) bond motifs is 1. The fourth-order valence-electron chi connectivity index (χ4n) is 4.33. The molecule has 2 aromatic rings. The van der Waals surface area contributed by atoms with Gasteiger partial charge in [-0.2, -0.15) is 5.10 Å². The van der Waals surface area contributed by atoms with Gasteiger partial charge in [-0.15, -0.1) is 0 Å². The van der Waals surface area contributed by atoms with Gasteiger partial charge >= 0.3 is 12.0 Å². The number of nitrogens with zero attached hydrogens (tertiary/aromatic N) is 3. The van der Waals surface area contributed by atoms with E-state index in [4.69, 9.17) is 0 Å². The third-order valence-corrected chi connectivity index (χ3v) is 5.89. The monoisotopic (exact) mass is 372 g/mol. The Labute approximate surface area is 155 Å². The minimum atomic E-state index is -1.86. The van der Waals surface area contributed by atoms with Crippen molar-refractivity contribution in [3.8, 4) is 5.69 Å². The average molecular weight is 372 g/mol. The molecule has 0 unspecified atom stereocenters. The van der Waals surface area contributed by atoms with Crippen molar-refractivity contribution in [3.05, 3.63) is 42.2 Å². The molecule has 2 N–H and O–H groups in total. The Kier molecular flexibility index (Phi) is 3.94. The van der Waals surface area contributed by atoms with Crippen LogP contribution >= 0.6 is 0 Å². The number of para-hydroxylation sites is 1. The number of carboxylic acids is 1. The number of carbonyl (C=O) groups is 2. The second kappa shape index (κ2) is 6.07. The summed E-state index contributed by atoms with van der Waals surface area (Å²) in [7, 11) is 0. The molecule has 0 bridgehead atoms. The molecule has 4 rings (SSSR count). The van der Waals surface area contributed by atoms with Crippen LogP contribution in [0.4, 0.5) is 14.9 Å². The summed E-state index contributed by atoms with van der Waals surface area (Å²) < 4.78 is 16.9.